The van der Waals surface area contributed by atoms with Crippen molar-refractivity contribution in [3.05, 3.63) is 63.7 Å². The van der Waals surface area contributed by atoms with E-state index in [0.717, 1.165) is 24.3 Å². The molecule has 7 heteroatoms. The van der Waals surface area contributed by atoms with Crippen LogP contribution in [0.4, 0.5) is 14.5 Å². The first-order valence-electron chi connectivity index (χ1n) is 5.81. The molecule has 0 aliphatic rings. The lowest BCUT2D eigenvalue weighted by atomic mass is 10.1. The summed E-state index contributed by atoms with van der Waals surface area (Å²) in [6.07, 6.45) is 0. The highest BCUT2D eigenvalue weighted by Gasteiger charge is 2.21. The lowest BCUT2D eigenvalue weighted by Crippen LogP contribution is -2.01. The second kappa shape index (κ2) is 5.66. The van der Waals surface area contributed by atoms with Gasteiger partial charge in [0.2, 0.25) is 5.75 Å². The fourth-order valence-electron chi connectivity index (χ4n) is 1.72. The van der Waals surface area contributed by atoms with Gasteiger partial charge < -0.3 is 4.74 Å². The van der Waals surface area contributed by atoms with E-state index in [1.54, 1.807) is 0 Å². The Bertz CT molecular complexity index is 731. The summed E-state index contributed by atoms with van der Waals surface area (Å²) in [4.78, 5) is 21.5. The van der Waals surface area contributed by atoms with E-state index in [2.05, 4.69) is 0 Å². The molecule has 0 aliphatic heterocycles. The average Bonchev–Trinajstić information content (AvgIpc) is 2.40. The van der Waals surface area contributed by atoms with Gasteiger partial charge in [0.25, 0.3) is 0 Å². The standard InChI is InChI=1S/C14H9F2NO4/c1-8(18)10-3-2-4-11(16)14(10)21-13-7-9(15)5-6-12(13)17(19)20/h2-7H,1H3. The van der Waals surface area contributed by atoms with Gasteiger partial charge in [0.05, 0.1) is 10.5 Å². The van der Waals surface area contributed by atoms with Crippen molar-refractivity contribution in [1.29, 1.82) is 0 Å². The summed E-state index contributed by atoms with van der Waals surface area (Å²) < 4.78 is 32.1. The highest BCUT2D eigenvalue weighted by molar-refractivity contribution is 5.97. The fraction of sp³-hybridized carbons (Fsp3) is 0.0714. The lowest BCUT2D eigenvalue weighted by molar-refractivity contribution is -0.385. The van der Waals surface area contributed by atoms with Crippen molar-refractivity contribution < 1.29 is 23.2 Å². The molecule has 2 aromatic rings. The Morgan fingerprint density at radius 3 is 2.57 bits per heavy atom. The number of halogens is 2. The van der Waals surface area contributed by atoms with Crippen molar-refractivity contribution in [3.63, 3.8) is 0 Å². The number of para-hydroxylation sites is 1. The number of carbonyl (C=O) groups excluding carboxylic acids is 1. The summed E-state index contributed by atoms with van der Waals surface area (Å²) in [5.74, 6) is -3.09. The highest BCUT2D eigenvalue weighted by Crippen LogP contribution is 2.35. The van der Waals surface area contributed by atoms with Crippen LogP contribution < -0.4 is 4.74 Å². The van der Waals surface area contributed by atoms with Gasteiger partial charge in [0.1, 0.15) is 5.82 Å². The maximum Gasteiger partial charge on any atom is 0.311 e. The maximum atomic E-state index is 13.8. The molecule has 0 N–H and O–H groups in total. The Labute approximate surface area is 117 Å². The van der Waals surface area contributed by atoms with Gasteiger partial charge >= 0.3 is 5.69 Å². The quantitative estimate of drug-likeness (QED) is 0.487. The van der Waals surface area contributed by atoms with Crippen LogP contribution >= 0.6 is 0 Å². The van der Waals surface area contributed by atoms with Crippen molar-refractivity contribution in [2.24, 2.45) is 0 Å². The lowest BCUT2D eigenvalue weighted by Gasteiger charge is -2.10. The largest absolute Gasteiger partial charge is 0.446 e. The number of ketones is 1. The summed E-state index contributed by atoms with van der Waals surface area (Å²) in [7, 11) is 0. The molecule has 0 aromatic heterocycles. The summed E-state index contributed by atoms with van der Waals surface area (Å²) in [6, 6.07) is 6.20. The Morgan fingerprint density at radius 2 is 1.95 bits per heavy atom. The minimum Gasteiger partial charge on any atom is -0.446 e. The number of carbonyl (C=O) groups is 1. The van der Waals surface area contributed by atoms with Crippen LogP contribution in [0.5, 0.6) is 11.5 Å². The Kier molecular flexibility index (Phi) is 3.93. The zero-order valence-corrected chi connectivity index (χ0v) is 10.8. The number of rotatable bonds is 4. The molecular weight excluding hydrogens is 284 g/mol. The van der Waals surface area contributed by atoms with Gasteiger partial charge in [0.15, 0.2) is 17.3 Å². The molecule has 0 aliphatic carbocycles. The number of Topliss-reactive ketones (excluding diaryl/α,β-unsaturated/α-hetero) is 1. The van der Waals surface area contributed by atoms with E-state index < -0.39 is 39.5 Å². The molecule has 0 saturated heterocycles. The number of nitro groups is 1. The van der Waals surface area contributed by atoms with Crippen molar-refractivity contribution in [1.82, 2.24) is 0 Å². The fourth-order valence-corrected chi connectivity index (χ4v) is 1.72. The molecule has 21 heavy (non-hydrogen) atoms. The van der Waals surface area contributed by atoms with Gasteiger partial charge in [-0.15, -0.1) is 0 Å². The van der Waals surface area contributed by atoms with Crippen LogP contribution in [0, 0.1) is 21.7 Å². The van der Waals surface area contributed by atoms with Crippen molar-refractivity contribution in [2.75, 3.05) is 0 Å². The number of nitro benzene ring substituents is 1. The van der Waals surface area contributed by atoms with Crippen LogP contribution in [0.25, 0.3) is 0 Å². The van der Waals surface area contributed by atoms with Crippen LogP contribution in [0.1, 0.15) is 17.3 Å². The molecule has 0 unspecified atom stereocenters. The zero-order valence-electron chi connectivity index (χ0n) is 10.8. The first kappa shape index (κ1) is 14.6. The first-order valence-corrected chi connectivity index (χ1v) is 5.81. The molecule has 2 rings (SSSR count). The minimum atomic E-state index is -0.874. The molecule has 0 amide bonds. The normalized spacial score (nSPS) is 10.2. The van der Waals surface area contributed by atoms with Crippen LogP contribution in [0.15, 0.2) is 36.4 Å². The topological polar surface area (TPSA) is 69.4 Å². The summed E-state index contributed by atoms with van der Waals surface area (Å²) in [5.41, 5.74) is -0.622. The maximum absolute atomic E-state index is 13.8. The third-order valence-electron chi connectivity index (χ3n) is 2.68. The van der Waals surface area contributed by atoms with Gasteiger partial charge in [-0.05, 0) is 25.1 Å². The van der Waals surface area contributed by atoms with E-state index in [4.69, 9.17) is 4.74 Å². The van der Waals surface area contributed by atoms with Crippen LogP contribution in [0.2, 0.25) is 0 Å². The van der Waals surface area contributed by atoms with E-state index in [0.29, 0.717) is 0 Å². The second-order valence-corrected chi connectivity index (χ2v) is 4.14. The third-order valence-corrected chi connectivity index (χ3v) is 2.68. The number of ether oxygens (including phenoxy) is 1. The number of benzene rings is 2. The molecule has 0 bridgehead atoms. The molecule has 0 spiro atoms. The minimum absolute atomic E-state index is 0.0893. The van der Waals surface area contributed by atoms with Crippen LogP contribution in [-0.2, 0) is 0 Å². The molecule has 2 aromatic carbocycles. The first-order chi connectivity index (χ1) is 9.90. The number of hydrogen-bond donors (Lipinski definition) is 0. The molecule has 108 valence electrons. The van der Waals surface area contributed by atoms with E-state index >= 15 is 0 Å². The van der Waals surface area contributed by atoms with Gasteiger partial charge in [-0.2, -0.15) is 0 Å². The van der Waals surface area contributed by atoms with Crippen LogP contribution in [0.3, 0.4) is 0 Å². The number of hydrogen-bond acceptors (Lipinski definition) is 4. The van der Waals surface area contributed by atoms with E-state index in [1.807, 2.05) is 0 Å². The number of nitrogens with zero attached hydrogens (tertiary/aromatic N) is 1. The SMILES string of the molecule is CC(=O)c1cccc(F)c1Oc1cc(F)ccc1[N+](=O)[O-]. The van der Waals surface area contributed by atoms with E-state index in [1.165, 1.54) is 19.1 Å². The van der Waals surface area contributed by atoms with E-state index in [-0.39, 0.29) is 5.56 Å². The molecule has 0 saturated carbocycles. The molecule has 0 radical (unpaired) electrons. The molecule has 0 heterocycles. The smallest absolute Gasteiger partial charge is 0.311 e. The van der Waals surface area contributed by atoms with Gasteiger partial charge in [-0.25, -0.2) is 8.78 Å². The zero-order chi connectivity index (χ0) is 15.6. The van der Waals surface area contributed by atoms with Crippen LogP contribution in [-0.4, -0.2) is 10.7 Å². The van der Waals surface area contributed by atoms with Crippen molar-refractivity contribution in [3.8, 4) is 11.5 Å². The average molecular weight is 293 g/mol. The Morgan fingerprint density at radius 1 is 1.24 bits per heavy atom. The summed E-state index contributed by atoms with van der Waals surface area (Å²) >= 11 is 0. The predicted molar refractivity (Wildman–Crippen MR) is 69.5 cm³/mol. The highest BCUT2D eigenvalue weighted by atomic mass is 19.1. The van der Waals surface area contributed by atoms with E-state index in [9.17, 15) is 23.7 Å². The van der Waals surface area contributed by atoms with Crippen molar-refractivity contribution >= 4 is 11.5 Å². The summed E-state index contributed by atoms with van der Waals surface area (Å²) in [5, 5.41) is 10.9. The molecule has 5 nitrogen and oxygen atoms in total. The third kappa shape index (κ3) is 3.02. The Balaban J connectivity index is 2.55. The van der Waals surface area contributed by atoms with Gasteiger partial charge in [0, 0.05) is 12.1 Å². The van der Waals surface area contributed by atoms with Gasteiger partial charge in [-0.1, -0.05) is 6.07 Å². The monoisotopic (exact) mass is 293 g/mol. The van der Waals surface area contributed by atoms with Gasteiger partial charge in [-0.3, -0.25) is 14.9 Å². The summed E-state index contributed by atoms with van der Waals surface area (Å²) in [6.45, 7) is 1.20. The molecular formula is C14H9F2NO4. The molecule has 0 atom stereocenters. The van der Waals surface area contributed by atoms with Crippen molar-refractivity contribution in [2.45, 2.75) is 6.92 Å². The predicted octanol–water partition coefficient (Wildman–Crippen LogP) is 3.87. The Hall–Kier alpha value is -2.83. The second-order valence-electron chi connectivity index (χ2n) is 4.14. The molecule has 0 fully saturated rings.